The second kappa shape index (κ2) is 7.75. The number of H-pyrrole nitrogens is 1. The Morgan fingerprint density at radius 2 is 2.07 bits per heavy atom. The maximum Gasteiger partial charge on any atom is 0.149 e. The number of imidazole rings is 1. The SMILES string of the molecule is COc1cncc(-c2nc(-c3ccnc(NC(C)O)c3)sc2-c2ncc[nH]2)c1. The predicted octanol–water partition coefficient (Wildman–Crippen LogP) is 3.42. The molecule has 0 aliphatic rings. The zero-order valence-electron chi connectivity index (χ0n) is 15.2. The Kier molecular flexibility index (Phi) is 5.00. The maximum absolute atomic E-state index is 9.54. The zero-order chi connectivity index (χ0) is 19.5. The highest BCUT2D eigenvalue weighted by Crippen LogP contribution is 2.39. The number of aromatic nitrogens is 5. The molecular weight excluding hydrogens is 376 g/mol. The van der Waals surface area contributed by atoms with E-state index in [1.54, 1.807) is 45.0 Å². The van der Waals surface area contributed by atoms with Gasteiger partial charge in [0.2, 0.25) is 0 Å². The smallest absolute Gasteiger partial charge is 0.149 e. The van der Waals surface area contributed by atoms with Crippen LogP contribution in [0.5, 0.6) is 5.75 Å². The molecule has 9 heteroatoms. The highest BCUT2D eigenvalue weighted by molar-refractivity contribution is 7.18. The fraction of sp³-hybridized carbons (Fsp3) is 0.158. The normalized spacial score (nSPS) is 12.0. The van der Waals surface area contributed by atoms with Crippen molar-refractivity contribution in [3.8, 4) is 38.3 Å². The first-order chi connectivity index (χ1) is 13.6. The molecule has 0 saturated carbocycles. The van der Waals surface area contributed by atoms with Gasteiger partial charge in [0.05, 0.1) is 23.9 Å². The lowest BCUT2D eigenvalue weighted by molar-refractivity contribution is 0.224. The monoisotopic (exact) mass is 394 g/mol. The number of thiazole rings is 1. The largest absolute Gasteiger partial charge is 0.495 e. The summed E-state index contributed by atoms with van der Waals surface area (Å²) in [6, 6.07) is 5.63. The first kappa shape index (κ1) is 18.1. The van der Waals surface area contributed by atoms with Gasteiger partial charge in [0.15, 0.2) is 0 Å². The number of ether oxygens (including phenoxy) is 1. The Morgan fingerprint density at radius 3 is 2.82 bits per heavy atom. The third kappa shape index (κ3) is 3.71. The molecule has 28 heavy (non-hydrogen) atoms. The first-order valence-electron chi connectivity index (χ1n) is 8.55. The summed E-state index contributed by atoms with van der Waals surface area (Å²) in [5.41, 5.74) is 2.49. The number of hydrogen-bond donors (Lipinski definition) is 3. The molecule has 4 aromatic rings. The first-order valence-corrected chi connectivity index (χ1v) is 9.36. The van der Waals surface area contributed by atoms with Crippen molar-refractivity contribution in [1.29, 1.82) is 0 Å². The van der Waals surface area contributed by atoms with Gasteiger partial charge < -0.3 is 20.1 Å². The van der Waals surface area contributed by atoms with Gasteiger partial charge in [-0.2, -0.15) is 0 Å². The van der Waals surface area contributed by atoms with Gasteiger partial charge in [0, 0.05) is 35.9 Å². The van der Waals surface area contributed by atoms with Crippen molar-refractivity contribution in [2.75, 3.05) is 12.4 Å². The van der Waals surface area contributed by atoms with Crippen LogP contribution < -0.4 is 10.1 Å². The minimum Gasteiger partial charge on any atom is -0.495 e. The Bertz CT molecular complexity index is 1080. The van der Waals surface area contributed by atoms with Gasteiger partial charge in [-0.15, -0.1) is 11.3 Å². The molecule has 0 fully saturated rings. The van der Waals surface area contributed by atoms with Crippen LogP contribution in [0.25, 0.3) is 32.5 Å². The summed E-state index contributed by atoms with van der Waals surface area (Å²) in [5.74, 6) is 1.97. The lowest BCUT2D eigenvalue weighted by Crippen LogP contribution is -2.14. The molecule has 1 atom stereocenters. The van der Waals surface area contributed by atoms with Crippen molar-refractivity contribution < 1.29 is 9.84 Å². The number of rotatable bonds is 6. The minimum absolute atomic E-state index is 0.576. The minimum atomic E-state index is -0.698. The molecule has 0 spiro atoms. The summed E-state index contributed by atoms with van der Waals surface area (Å²) in [6.45, 7) is 1.64. The highest BCUT2D eigenvalue weighted by Gasteiger charge is 2.19. The van der Waals surface area contributed by atoms with E-state index in [0.717, 1.165) is 32.5 Å². The van der Waals surface area contributed by atoms with E-state index in [1.165, 1.54) is 11.3 Å². The van der Waals surface area contributed by atoms with Crippen LogP contribution in [-0.4, -0.2) is 43.4 Å². The molecule has 0 aliphatic carbocycles. The summed E-state index contributed by atoms with van der Waals surface area (Å²) in [6.07, 6.45) is 7.87. The van der Waals surface area contributed by atoms with Gasteiger partial charge in [0.1, 0.15) is 28.6 Å². The molecule has 4 rings (SSSR count). The number of hydrogen-bond acceptors (Lipinski definition) is 8. The van der Waals surface area contributed by atoms with E-state index in [1.807, 2.05) is 18.2 Å². The van der Waals surface area contributed by atoms with Crippen LogP contribution >= 0.6 is 11.3 Å². The van der Waals surface area contributed by atoms with E-state index in [2.05, 4.69) is 25.3 Å². The fourth-order valence-corrected chi connectivity index (χ4v) is 3.75. The maximum atomic E-state index is 9.54. The number of nitrogens with one attached hydrogen (secondary N) is 2. The molecular formula is C19H18N6O2S. The van der Waals surface area contributed by atoms with Crippen molar-refractivity contribution >= 4 is 17.2 Å². The average molecular weight is 394 g/mol. The van der Waals surface area contributed by atoms with E-state index in [0.29, 0.717) is 11.6 Å². The van der Waals surface area contributed by atoms with Gasteiger partial charge in [0.25, 0.3) is 0 Å². The summed E-state index contributed by atoms with van der Waals surface area (Å²) in [5, 5.41) is 13.2. The summed E-state index contributed by atoms with van der Waals surface area (Å²) < 4.78 is 5.30. The van der Waals surface area contributed by atoms with E-state index >= 15 is 0 Å². The quantitative estimate of drug-likeness (QED) is 0.430. The Hall–Kier alpha value is -3.30. The third-order valence-electron chi connectivity index (χ3n) is 3.93. The zero-order valence-corrected chi connectivity index (χ0v) is 16.1. The van der Waals surface area contributed by atoms with E-state index in [-0.39, 0.29) is 0 Å². The van der Waals surface area contributed by atoms with Gasteiger partial charge in [-0.25, -0.2) is 15.0 Å². The standard InChI is InChI=1S/C19H18N6O2S/c1-11(26)24-15-8-12(3-4-21-15)19-25-16(13-7-14(27-2)10-20-9-13)17(28-19)18-22-5-6-23-18/h3-11,26H,1-2H3,(H,21,24)(H,22,23). The number of nitrogens with zero attached hydrogens (tertiary/aromatic N) is 4. The number of aliphatic hydroxyl groups is 1. The Labute approximate surface area is 165 Å². The third-order valence-corrected chi connectivity index (χ3v) is 5.04. The molecule has 142 valence electrons. The Balaban J connectivity index is 1.82. The topological polar surface area (TPSA) is 109 Å². The summed E-state index contributed by atoms with van der Waals surface area (Å²) in [4.78, 5) is 21.7. The molecule has 8 nitrogen and oxygen atoms in total. The molecule has 0 aliphatic heterocycles. The molecule has 4 heterocycles. The van der Waals surface area contributed by atoms with Crippen molar-refractivity contribution in [2.24, 2.45) is 0 Å². The number of pyridine rings is 2. The van der Waals surface area contributed by atoms with Crippen LogP contribution in [0.2, 0.25) is 0 Å². The van der Waals surface area contributed by atoms with E-state index in [9.17, 15) is 5.11 Å². The van der Waals surface area contributed by atoms with Crippen LogP contribution in [0, 0.1) is 0 Å². The van der Waals surface area contributed by atoms with E-state index in [4.69, 9.17) is 9.72 Å². The predicted molar refractivity (Wildman–Crippen MR) is 108 cm³/mol. The second-order valence-electron chi connectivity index (χ2n) is 6.00. The van der Waals surface area contributed by atoms with Crippen LogP contribution in [0.1, 0.15) is 6.92 Å². The van der Waals surface area contributed by atoms with Gasteiger partial charge in [-0.1, -0.05) is 0 Å². The van der Waals surface area contributed by atoms with Crippen molar-refractivity contribution in [1.82, 2.24) is 24.9 Å². The van der Waals surface area contributed by atoms with Crippen molar-refractivity contribution in [3.63, 3.8) is 0 Å². The molecule has 0 amide bonds. The molecule has 3 N–H and O–H groups in total. The van der Waals surface area contributed by atoms with E-state index < -0.39 is 6.23 Å². The fourth-order valence-electron chi connectivity index (χ4n) is 2.71. The highest BCUT2D eigenvalue weighted by atomic mass is 32.1. The molecule has 1 unspecified atom stereocenters. The number of aliphatic hydroxyl groups excluding tert-OH is 1. The van der Waals surface area contributed by atoms with Crippen molar-refractivity contribution in [3.05, 3.63) is 49.2 Å². The summed E-state index contributed by atoms with van der Waals surface area (Å²) in [7, 11) is 1.61. The van der Waals surface area contributed by atoms with Crippen LogP contribution in [0.3, 0.4) is 0 Å². The molecule has 0 bridgehead atoms. The lowest BCUT2D eigenvalue weighted by atomic mass is 10.1. The van der Waals surface area contributed by atoms with Crippen LogP contribution in [-0.2, 0) is 0 Å². The number of aromatic amines is 1. The molecule has 0 radical (unpaired) electrons. The Morgan fingerprint density at radius 1 is 1.18 bits per heavy atom. The van der Waals surface area contributed by atoms with Gasteiger partial charge >= 0.3 is 0 Å². The molecule has 4 aromatic heterocycles. The summed E-state index contributed by atoms with van der Waals surface area (Å²) >= 11 is 1.51. The number of methoxy groups -OCH3 is 1. The lowest BCUT2D eigenvalue weighted by Gasteiger charge is -2.08. The van der Waals surface area contributed by atoms with Crippen LogP contribution in [0.15, 0.2) is 49.2 Å². The number of anilines is 1. The molecule has 0 aromatic carbocycles. The van der Waals surface area contributed by atoms with Gasteiger partial charge in [-0.3, -0.25) is 4.98 Å². The average Bonchev–Trinajstić information content (AvgIpc) is 3.37. The van der Waals surface area contributed by atoms with Crippen molar-refractivity contribution in [2.45, 2.75) is 13.2 Å². The van der Waals surface area contributed by atoms with Gasteiger partial charge in [-0.05, 0) is 25.1 Å². The molecule has 0 saturated heterocycles. The van der Waals surface area contributed by atoms with Crippen LogP contribution in [0.4, 0.5) is 5.82 Å². The second-order valence-corrected chi connectivity index (χ2v) is 7.00.